The van der Waals surface area contributed by atoms with E-state index < -0.39 is 0 Å². The van der Waals surface area contributed by atoms with Gasteiger partial charge in [0.15, 0.2) is 0 Å². The maximum atomic E-state index is 5.97. The predicted molar refractivity (Wildman–Crippen MR) is 72.7 cm³/mol. The Kier molecular flexibility index (Phi) is 3.19. The molecule has 1 N–H and O–H groups in total. The highest BCUT2D eigenvalue weighted by Gasteiger charge is 2.18. The van der Waals surface area contributed by atoms with Crippen molar-refractivity contribution in [1.29, 1.82) is 0 Å². The molecular weight excluding hydrogens is 255 g/mol. The fourth-order valence-electron chi connectivity index (χ4n) is 1.56. The first-order valence-electron chi connectivity index (χ1n) is 5.38. The number of aromatic amines is 1. The highest BCUT2D eigenvalue weighted by atomic mass is 35.5. The lowest BCUT2D eigenvalue weighted by molar-refractivity contribution is 0.553. The number of halogens is 2. The first kappa shape index (κ1) is 12.5. The van der Waals surface area contributed by atoms with Crippen LogP contribution in [0.1, 0.15) is 26.6 Å². The standard InChI is InChI=1S/C13H14Cl2N2/c1-13(2,3)12-16-7-11(17-12)8-4-9(14)6-10(15)5-8/h4-7H,1-3H3,(H,16,17). The molecule has 0 amide bonds. The highest BCUT2D eigenvalue weighted by molar-refractivity contribution is 6.35. The molecule has 2 aromatic rings. The summed E-state index contributed by atoms with van der Waals surface area (Å²) in [5.41, 5.74) is 1.79. The average Bonchev–Trinajstić information content (AvgIpc) is 2.63. The molecule has 0 saturated carbocycles. The molecule has 0 radical (unpaired) electrons. The van der Waals surface area contributed by atoms with Crippen molar-refractivity contribution in [2.45, 2.75) is 26.2 Å². The van der Waals surface area contributed by atoms with E-state index in [4.69, 9.17) is 23.2 Å². The summed E-state index contributed by atoms with van der Waals surface area (Å²) < 4.78 is 0. The first-order chi connectivity index (χ1) is 7.86. The van der Waals surface area contributed by atoms with Gasteiger partial charge in [-0.2, -0.15) is 0 Å². The Morgan fingerprint density at radius 2 is 1.65 bits per heavy atom. The number of aromatic nitrogens is 2. The first-order valence-corrected chi connectivity index (χ1v) is 6.14. The number of benzene rings is 1. The van der Waals surface area contributed by atoms with Crippen LogP contribution in [0.15, 0.2) is 24.4 Å². The lowest BCUT2D eigenvalue weighted by Crippen LogP contribution is -2.13. The van der Waals surface area contributed by atoms with E-state index >= 15 is 0 Å². The van der Waals surface area contributed by atoms with Crippen molar-refractivity contribution in [3.05, 3.63) is 40.3 Å². The van der Waals surface area contributed by atoms with Crippen LogP contribution in [0.4, 0.5) is 0 Å². The van der Waals surface area contributed by atoms with Crippen LogP contribution in [0.5, 0.6) is 0 Å². The Balaban J connectivity index is 2.44. The Morgan fingerprint density at radius 3 is 2.12 bits per heavy atom. The van der Waals surface area contributed by atoms with E-state index in [0.717, 1.165) is 17.1 Å². The van der Waals surface area contributed by atoms with Gasteiger partial charge in [-0.1, -0.05) is 44.0 Å². The average molecular weight is 269 g/mol. The van der Waals surface area contributed by atoms with Gasteiger partial charge in [0.1, 0.15) is 5.82 Å². The molecule has 0 unspecified atom stereocenters. The zero-order valence-electron chi connectivity index (χ0n) is 10.0. The highest BCUT2D eigenvalue weighted by Crippen LogP contribution is 2.28. The molecule has 4 heteroatoms. The molecule has 17 heavy (non-hydrogen) atoms. The summed E-state index contributed by atoms with van der Waals surface area (Å²) in [4.78, 5) is 7.75. The molecule has 0 bridgehead atoms. The number of rotatable bonds is 1. The molecule has 0 saturated heterocycles. The van der Waals surface area contributed by atoms with E-state index in [1.165, 1.54) is 0 Å². The van der Waals surface area contributed by atoms with Gasteiger partial charge in [-0.3, -0.25) is 0 Å². The molecule has 1 heterocycles. The van der Waals surface area contributed by atoms with E-state index in [1.807, 2.05) is 18.3 Å². The van der Waals surface area contributed by atoms with Crippen molar-refractivity contribution < 1.29 is 0 Å². The van der Waals surface area contributed by atoms with Gasteiger partial charge in [-0.15, -0.1) is 0 Å². The summed E-state index contributed by atoms with van der Waals surface area (Å²) in [6.45, 7) is 6.34. The zero-order valence-corrected chi connectivity index (χ0v) is 11.5. The molecule has 2 nitrogen and oxygen atoms in total. The van der Waals surface area contributed by atoms with Gasteiger partial charge in [0.2, 0.25) is 0 Å². The van der Waals surface area contributed by atoms with Crippen LogP contribution in [-0.4, -0.2) is 9.97 Å². The monoisotopic (exact) mass is 268 g/mol. The molecule has 0 aliphatic heterocycles. The molecule has 0 spiro atoms. The van der Waals surface area contributed by atoms with Gasteiger partial charge in [-0.25, -0.2) is 4.98 Å². The topological polar surface area (TPSA) is 28.7 Å². The van der Waals surface area contributed by atoms with Gasteiger partial charge >= 0.3 is 0 Å². The van der Waals surface area contributed by atoms with E-state index in [-0.39, 0.29) is 5.41 Å². The normalized spacial score (nSPS) is 11.8. The molecule has 2 rings (SSSR count). The van der Waals surface area contributed by atoms with Gasteiger partial charge in [0.05, 0.1) is 5.69 Å². The Labute approximate surface area is 111 Å². The molecule has 0 fully saturated rings. The third-order valence-corrected chi connectivity index (χ3v) is 2.88. The molecule has 1 aromatic heterocycles. The second-order valence-corrected chi connectivity index (χ2v) is 5.92. The number of hydrogen-bond donors (Lipinski definition) is 1. The maximum Gasteiger partial charge on any atom is 0.112 e. The molecule has 90 valence electrons. The smallest absolute Gasteiger partial charge is 0.112 e. The van der Waals surface area contributed by atoms with Gasteiger partial charge in [0, 0.05) is 27.2 Å². The van der Waals surface area contributed by atoms with Gasteiger partial charge in [-0.05, 0) is 18.2 Å². The minimum Gasteiger partial charge on any atom is -0.348 e. The summed E-state index contributed by atoms with van der Waals surface area (Å²) in [7, 11) is 0. The van der Waals surface area contributed by atoms with Gasteiger partial charge < -0.3 is 4.98 Å². The lowest BCUT2D eigenvalue weighted by atomic mass is 9.96. The van der Waals surface area contributed by atoms with E-state index in [2.05, 4.69) is 30.7 Å². The van der Waals surface area contributed by atoms with E-state index in [9.17, 15) is 0 Å². The molecule has 0 aliphatic rings. The Hall–Kier alpha value is -0.990. The number of hydrogen-bond acceptors (Lipinski definition) is 1. The maximum absolute atomic E-state index is 5.97. The summed E-state index contributed by atoms with van der Waals surface area (Å²) in [5, 5.41) is 1.24. The van der Waals surface area contributed by atoms with Crippen molar-refractivity contribution >= 4 is 23.2 Å². The van der Waals surface area contributed by atoms with Crippen LogP contribution in [0.2, 0.25) is 10.0 Å². The number of imidazole rings is 1. The number of H-pyrrole nitrogens is 1. The van der Waals surface area contributed by atoms with Crippen molar-refractivity contribution in [2.24, 2.45) is 0 Å². The number of nitrogens with zero attached hydrogens (tertiary/aromatic N) is 1. The van der Waals surface area contributed by atoms with E-state index in [0.29, 0.717) is 10.0 Å². The van der Waals surface area contributed by atoms with Crippen molar-refractivity contribution in [2.75, 3.05) is 0 Å². The third kappa shape index (κ3) is 2.82. The van der Waals surface area contributed by atoms with Crippen LogP contribution in [0.25, 0.3) is 11.3 Å². The SMILES string of the molecule is CC(C)(C)c1nc(-c2cc(Cl)cc(Cl)c2)c[nH]1. The van der Waals surface area contributed by atoms with Crippen LogP contribution in [0, 0.1) is 0 Å². The fraction of sp³-hybridized carbons (Fsp3) is 0.308. The van der Waals surface area contributed by atoms with Gasteiger partial charge in [0.25, 0.3) is 0 Å². The molecule has 0 atom stereocenters. The summed E-state index contributed by atoms with van der Waals surface area (Å²) in [6.07, 6.45) is 1.88. The lowest BCUT2D eigenvalue weighted by Gasteiger charge is -2.13. The minimum atomic E-state index is 0.000615. The summed E-state index contributed by atoms with van der Waals surface area (Å²) in [5.74, 6) is 0.948. The van der Waals surface area contributed by atoms with E-state index in [1.54, 1.807) is 6.07 Å². The Bertz CT molecular complexity index is 518. The Morgan fingerprint density at radius 1 is 1.06 bits per heavy atom. The largest absolute Gasteiger partial charge is 0.348 e. The predicted octanol–water partition coefficient (Wildman–Crippen LogP) is 4.68. The van der Waals surface area contributed by atoms with Crippen molar-refractivity contribution in [3.8, 4) is 11.3 Å². The minimum absolute atomic E-state index is 0.000615. The zero-order chi connectivity index (χ0) is 12.6. The van der Waals surface area contributed by atoms with Crippen LogP contribution in [-0.2, 0) is 5.41 Å². The van der Waals surface area contributed by atoms with Crippen molar-refractivity contribution in [3.63, 3.8) is 0 Å². The van der Waals surface area contributed by atoms with Crippen LogP contribution >= 0.6 is 23.2 Å². The summed E-state index contributed by atoms with van der Waals surface area (Å²) >= 11 is 11.9. The molecule has 0 aliphatic carbocycles. The van der Waals surface area contributed by atoms with Crippen LogP contribution < -0.4 is 0 Å². The molecular formula is C13H14Cl2N2. The van der Waals surface area contributed by atoms with Crippen molar-refractivity contribution in [1.82, 2.24) is 9.97 Å². The number of nitrogens with one attached hydrogen (secondary N) is 1. The fourth-order valence-corrected chi connectivity index (χ4v) is 2.08. The summed E-state index contributed by atoms with van der Waals surface area (Å²) in [6, 6.07) is 5.43. The quantitative estimate of drug-likeness (QED) is 0.799. The van der Waals surface area contributed by atoms with Crippen LogP contribution in [0.3, 0.4) is 0 Å². The molecule has 1 aromatic carbocycles. The second kappa shape index (κ2) is 4.35. The third-order valence-electron chi connectivity index (χ3n) is 2.45. The second-order valence-electron chi connectivity index (χ2n) is 5.04.